The second-order valence-corrected chi connectivity index (χ2v) is 24.2. The summed E-state index contributed by atoms with van der Waals surface area (Å²) in [5.41, 5.74) is -0.233. The standard InChI is InChI=1S/C55H72F3N3O9Si/c1-6-8-9-10-11-12-13-23-33-45(62)61-46-43(7-2)65-35-42(60-53(64)59-39-28-24-27-38(34-39)55(56,57)58)48(46)68-52-47(63)50(49-44(67-52)36-66-51(69-49)37-25-17-14-18-26-37)70-71(54(3,4)5,40-29-19-15-20-30-40)41-31-21-16-22-32-41/h14-22,24-32,34,42-44,46-52,63H,6-13,23,33,35-36H2,1-5H3,(H,61,62)(H2,59,60,64)/t42?,43?,44?,46-,47?,48+,49-,50+,51?,52+/m0/s1. The molecule has 3 saturated heterocycles. The lowest BCUT2D eigenvalue weighted by atomic mass is 9.92. The van der Waals surface area contributed by atoms with Crippen molar-refractivity contribution in [3.05, 3.63) is 126 Å². The summed E-state index contributed by atoms with van der Waals surface area (Å²) in [5.74, 6) is -0.232. The molecular formula is C55H72F3N3O9Si. The highest BCUT2D eigenvalue weighted by atomic mass is 28.4. The summed E-state index contributed by atoms with van der Waals surface area (Å²) in [6, 6.07) is 31.2. The molecule has 12 nitrogen and oxygen atoms in total. The topological polar surface area (TPSA) is 146 Å². The van der Waals surface area contributed by atoms with Crippen LogP contribution in [0.3, 0.4) is 0 Å². The van der Waals surface area contributed by atoms with Crippen molar-refractivity contribution in [3.63, 3.8) is 0 Å². The van der Waals surface area contributed by atoms with Gasteiger partial charge in [-0.25, -0.2) is 4.79 Å². The molecule has 71 heavy (non-hydrogen) atoms. The molecule has 0 aliphatic carbocycles. The van der Waals surface area contributed by atoms with E-state index in [2.05, 4.69) is 67.9 Å². The first-order chi connectivity index (χ1) is 34.1. The molecule has 0 spiro atoms. The SMILES string of the molecule is CCCCCCCCCCC(=O)N[C@H]1C(CC)OCC(NC(=O)Nc2cccc(C(F)(F)F)c2)[C@H]1O[C@H]1OC2COC(c3ccccc3)O[C@@H]2[C@H](O[Si](c2ccccc2)(c2ccccc2)C(C)(C)C)C1O. The Balaban J connectivity index is 1.23. The highest BCUT2D eigenvalue weighted by molar-refractivity contribution is 6.99. The van der Waals surface area contributed by atoms with Gasteiger partial charge >= 0.3 is 12.2 Å². The summed E-state index contributed by atoms with van der Waals surface area (Å²) in [6.07, 6.45) is -3.65. The number of carbonyl (C=O) groups excluding carboxylic acids is 2. The van der Waals surface area contributed by atoms with Gasteiger partial charge in [0, 0.05) is 17.7 Å². The van der Waals surface area contributed by atoms with Gasteiger partial charge in [-0.1, -0.05) is 177 Å². The van der Waals surface area contributed by atoms with Gasteiger partial charge in [0.25, 0.3) is 8.32 Å². The largest absolute Gasteiger partial charge is 0.416 e. The monoisotopic (exact) mass is 1000 g/mol. The van der Waals surface area contributed by atoms with Crippen LogP contribution in [0.1, 0.15) is 116 Å². The summed E-state index contributed by atoms with van der Waals surface area (Å²) in [5, 5.41) is 23.0. The number of halogens is 3. The Labute approximate surface area is 417 Å². The number of alkyl halides is 3. The van der Waals surface area contributed by atoms with Crippen molar-refractivity contribution in [2.45, 2.75) is 171 Å². The van der Waals surface area contributed by atoms with Crippen LogP contribution in [0.4, 0.5) is 23.7 Å². The first-order valence-corrected chi connectivity index (χ1v) is 27.3. The van der Waals surface area contributed by atoms with Gasteiger partial charge in [-0.3, -0.25) is 4.79 Å². The normalized spacial score (nSPS) is 26.0. The minimum absolute atomic E-state index is 0.0443. The third-order valence-corrected chi connectivity index (χ3v) is 18.8. The van der Waals surface area contributed by atoms with Gasteiger partial charge in [-0.15, -0.1) is 0 Å². The van der Waals surface area contributed by atoms with Crippen LogP contribution >= 0.6 is 0 Å². The number of amides is 3. The van der Waals surface area contributed by atoms with Crippen LogP contribution in [-0.4, -0.2) is 93.6 Å². The van der Waals surface area contributed by atoms with E-state index in [0.717, 1.165) is 47.3 Å². The van der Waals surface area contributed by atoms with E-state index in [4.69, 9.17) is 28.1 Å². The number of fused-ring (bicyclic) bond motifs is 1. The smallest absolute Gasteiger partial charge is 0.399 e. The summed E-state index contributed by atoms with van der Waals surface area (Å²) >= 11 is 0. The molecular weight excluding hydrogens is 932 g/mol. The van der Waals surface area contributed by atoms with Gasteiger partial charge < -0.3 is 49.2 Å². The first-order valence-electron chi connectivity index (χ1n) is 25.4. The fourth-order valence-electron chi connectivity index (χ4n) is 10.2. The lowest BCUT2D eigenvalue weighted by Gasteiger charge is -2.53. The minimum Gasteiger partial charge on any atom is -0.399 e. The number of nitrogens with one attached hydrogen (secondary N) is 3. The first kappa shape index (κ1) is 54.1. The van der Waals surface area contributed by atoms with Gasteiger partial charge in [0.1, 0.15) is 30.5 Å². The number of hydrogen-bond donors (Lipinski definition) is 4. The van der Waals surface area contributed by atoms with Gasteiger partial charge in [-0.2, -0.15) is 13.2 Å². The molecule has 3 fully saturated rings. The summed E-state index contributed by atoms with van der Waals surface area (Å²) in [6.45, 7) is 10.5. The van der Waals surface area contributed by atoms with Crippen LogP contribution in [0, 0.1) is 0 Å². The van der Waals surface area contributed by atoms with E-state index in [1.165, 1.54) is 37.8 Å². The Bertz CT molecular complexity index is 2240. The van der Waals surface area contributed by atoms with E-state index in [1.807, 2.05) is 73.7 Å². The number of urea groups is 1. The number of benzene rings is 4. The molecule has 0 radical (unpaired) electrons. The van der Waals surface area contributed by atoms with Crippen LogP contribution in [0.5, 0.6) is 0 Å². The zero-order valence-electron chi connectivity index (χ0n) is 41.6. The van der Waals surface area contributed by atoms with E-state index in [-0.39, 0.29) is 31.2 Å². The number of aliphatic hydroxyl groups excluding tert-OH is 1. The maximum Gasteiger partial charge on any atom is 0.416 e. The Morgan fingerprint density at radius 3 is 1.96 bits per heavy atom. The van der Waals surface area contributed by atoms with Crippen LogP contribution in [0.2, 0.25) is 5.04 Å². The number of unbranched alkanes of at least 4 members (excludes halogenated alkanes) is 7. The third kappa shape index (κ3) is 13.5. The van der Waals surface area contributed by atoms with E-state index < -0.39 is 92.4 Å². The highest BCUT2D eigenvalue weighted by Crippen LogP contribution is 2.43. The molecule has 3 amide bonds. The van der Waals surface area contributed by atoms with Crippen LogP contribution in [-0.2, 0) is 39.1 Å². The van der Waals surface area contributed by atoms with Crippen molar-refractivity contribution >= 4 is 36.3 Å². The van der Waals surface area contributed by atoms with Gasteiger partial charge in [-0.05, 0) is 46.5 Å². The molecule has 3 aliphatic heterocycles. The van der Waals surface area contributed by atoms with E-state index in [1.54, 1.807) is 0 Å². The predicted molar refractivity (Wildman–Crippen MR) is 269 cm³/mol. The molecule has 4 aromatic carbocycles. The number of carbonyl (C=O) groups is 2. The molecule has 0 saturated carbocycles. The van der Waals surface area contributed by atoms with E-state index >= 15 is 0 Å². The van der Waals surface area contributed by atoms with Crippen LogP contribution < -0.4 is 26.3 Å². The molecule has 386 valence electrons. The van der Waals surface area contributed by atoms with Crippen molar-refractivity contribution in [1.29, 1.82) is 0 Å². The molecule has 5 unspecified atom stereocenters. The molecule has 16 heteroatoms. The fraction of sp³-hybridized carbons (Fsp3) is 0.527. The van der Waals surface area contributed by atoms with Crippen LogP contribution in [0.25, 0.3) is 0 Å². The Morgan fingerprint density at radius 1 is 0.732 bits per heavy atom. The molecule has 3 heterocycles. The molecule has 0 bridgehead atoms. The van der Waals surface area contributed by atoms with Gasteiger partial charge in [0.05, 0.1) is 37.0 Å². The van der Waals surface area contributed by atoms with E-state index in [0.29, 0.717) is 12.8 Å². The van der Waals surface area contributed by atoms with Gasteiger partial charge in [0.15, 0.2) is 12.6 Å². The average Bonchev–Trinajstić information content (AvgIpc) is 3.36. The fourth-order valence-corrected chi connectivity index (χ4v) is 14.9. The van der Waals surface area contributed by atoms with Crippen molar-refractivity contribution in [3.8, 4) is 0 Å². The second-order valence-electron chi connectivity index (χ2n) is 19.9. The zero-order valence-corrected chi connectivity index (χ0v) is 42.6. The number of ether oxygens (including phenoxy) is 5. The number of anilines is 1. The molecule has 10 atom stereocenters. The summed E-state index contributed by atoms with van der Waals surface area (Å²) < 4.78 is 81.9. The van der Waals surface area contributed by atoms with Crippen molar-refractivity contribution in [2.75, 3.05) is 18.5 Å². The molecule has 4 N–H and O–H groups in total. The summed E-state index contributed by atoms with van der Waals surface area (Å²) in [4.78, 5) is 27.7. The molecule has 3 aliphatic rings. The maximum absolute atomic E-state index is 13.9. The molecule has 4 aromatic rings. The van der Waals surface area contributed by atoms with E-state index in [9.17, 15) is 27.9 Å². The zero-order chi connectivity index (χ0) is 50.6. The Hall–Kier alpha value is -4.65. The lowest BCUT2D eigenvalue weighted by Crippen LogP contribution is -2.73. The number of rotatable bonds is 20. The third-order valence-electron chi connectivity index (χ3n) is 13.8. The Morgan fingerprint density at radius 2 is 1.35 bits per heavy atom. The predicted octanol–water partition coefficient (Wildman–Crippen LogP) is 9.55. The highest BCUT2D eigenvalue weighted by Gasteiger charge is 2.59. The Kier molecular flexibility index (Phi) is 18.9. The molecule has 0 aromatic heterocycles. The summed E-state index contributed by atoms with van der Waals surface area (Å²) in [7, 11) is -3.41. The van der Waals surface area contributed by atoms with Crippen molar-refractivity contribution in [2.24, 2.45) is 0 Å². The van der Waals surface area contributed by atoms with Crippen molar-refractivity contribution in [1.82, 2.24) is 10.6 Å². The number of aliphatic hydroxyl groups is 1. The number of hydrogen-bond acceptors (Lipinski definition) is 9. The lowest BCUT2D eigenvalue weighted by molar-refractivity contribution is -0.368. The van der Waals surface area contributed by atoms with Crippen LogP contribution in [0.15, 0.2) is 115 Å². The minimum atomic E-state index is -4.63. The average molecular weight is 1000 g/mol. The molecule has 7 rings (SSSR count). The maximum atomic E-state index is 13.9. The van der Waals surface area contributed by atoms with Gasteiger partial charge in [0.2, 0.25) is 5.91 Å². The second kappa shape index (κ2) is 24.8. The van der Waals surface area contributed by atoms with Crippen molar-refractivity contribution < 1.29 is 56.0 Å². The quantitative estimate of drug-likeness (QED) is 0.0503.